The molecule has 3 heteroatoms. The van der Waals surface area contributed by atoms with Crippen molar-refractivity contribution in [1.29, 1.82) is 0 Å². The molecule has 1 aromatic heterocycles. The maximum Gasteiger partial charge on any atom is 0.0587 e. The lowest BCUT2D eigenvalue weighted by molar-refractivity contribution is 0.199. The highest BCUT2D eigenvalue weighted by atomic mass is 16.5. The predicted molar refractivity (Wildman–Crippen MR) is 71.2 cm³/mol. The second-order valence-corrected chi connectivity index (χ2v) is 4.16. The van der Waals surface area contributed by atoms with E-state index in [1.165, 1.54) is 16.5 Å². The van der Waals surface area contributed by atoms with Crippen LogP contribution in [0.25, 0.3) is 10.9 Å². The second-order valence-electron chi connectivity index (χ2n) is 4.16. The number of fused-ring (bicyclic) bond motifs is 1. The molecule has 0 bridgehead atoms. The molecular weight excluding hydrogens is 212 g/mol. The Morgan fingerprint density at radius 2 is 2.18 bits per heavy atom. The van der Waals surface area contributed by atoms with E-state index in [-0.39, 0.29) is 0 Å². The summed E-state index contributed by atoms with van der Waals surface area (Å²) in [4.78, 5) is 0. The van der Waals surface area contributed by atoms with Crippen LogP contribution in [0.1, 0.15) is 12.5 Å². The summed E-state index contributed by atoms with van der Waals surface area (Å²) >= 11 is 0. The number of benzene rings is 1. The van der Waals surface area contributed by atoms with E-state index < -0.39 is 0 Å². The van der Waals surface area contributed by atoms with Gasteiger partial charge in [-0.25, -0.2) is 0 Å². The van der Waals surface area contributed by atoms with Crippen molar-refractivity contribution >= 4 is 10.9 Å². The molecule has 2 rings (SSSR count). The largest absolute Gasteiger partial charge is 0.383 e. The van der Waals surface area contributed by atoms with E-state index in [9.17, 15) is 0 Å². The van der Waals surface area contributed by atoms with Gasteiger partial charge in [-0.3, -0.25) is 0 Å². The van der Waals surface area contributed by atoms with Crippen LogP contribution in [-0.2, 0) is 17.8 Å². The number of aryl methyl sites for hydroxylation is 1. The highest BCUT2D eigenvalue weighted by Gasteiger charge is 2.00. The Morgan fingerprint density at radius 3 is 2.94 bits per heavy atom. The molecule has 0 spiro atoms. The first-order chi connectivity index (χ1) is 8.35. The molecule has 1 heterocycles. The minimum Gasteiger partial charge on any atom is -0.383 e. The van der Waals surface area contributed by atoms with Gasteiger partial charge in [-0.1, -0.05) is 6.07 Å². The van der Waals surface area contributed by atoms with Gasteiger partial charge < -0.3 is 14.6 Å². The van der Waals surface area contributed by atoms with E-state index in [0.29, 0.717) is 0 Å². The summed E-state index contributed by atoms with van der Waals surface area (Å²) < 4.78 is 7.26. The van der Waals surface area contributed by atoms with Crippen LogP contribution in [0.3, 0.4) is 0 Å². The summed E-state index contributed by atoms with van der Waals surface area (Å²) in [5, 5.41) is 4.67. The molecule has 0 fully saturated rings. The third kappa shape index (κ3) is 2.87. The summed E-state index contributed by atoms with van der Waals surface area (Å²) in [6.45, 7) is 5.74. The van der Waals surface area contributed by atoms with Crippen LogP contribution in [-0.4, -0.2) is 24.8 Å². The molecule has 0 atom stereocenters. The zero-order chi connectivity index (χ0) is 12.1. The number of nitrogens with one attached hydrogen (secondary N) is 1. The number of hydrogen-bond acceptors (Lipinski definition) is 2. The summed E-state index contributed by atoms with van der Waals surface area (Å²) in [6, 6.07) is 8.82. The topological polar surface area (TPSA) is 26.2 Å². The van der Waals surface area contributed by atoms with Crippen LogP contribution >= 0.6 is 0 Å². The fraction of sp³-hybridized carbons (Fsp3) is 0.429. The van der Waals surface area contributed by atoms with Crippen molar-refractivity contribution in [2.24, 2.45) is 0 Å². The van der Waals surface area contributed by atoms with Crippen molar-refractivity contribution in [2.45, 2.75) is 20.0 Å². The first-order valence-corrected chi connectivity index (χ1v) is 6.12. The van der Waals surface area contributed by atoms with Crippen molar-refractivity contribution in [3.8, 4) is 0 Å². The molecule has 0 aliphatic carbocycles. The van der Waals surface area contributed by atoms with Gasteiger partial charge in [0.1, 0.15) is 0 Å². The highest BCUT2D eigenvalue weighted by Crippen LogP contribution is 2.17. The van der Waals surface area contributed by atoms with Crippen LogP contribution in [0.15, 0.2) is 30.5 Å². The number of methoxy groups -OCH3 is 1. The van der Waals surface area contributed by atoms with Crippen LogP contribution < -0.4 is 5.32 Å². The van der Waals surface area contributed by atoms with E-state index in [1.807, 2.05) is 0 Å². The van der Waals surface area contributed by atoms with E-state index in [4.69, 9.17) is 4.74 Å². The molecule has 92 valence electrons. The average Bonchev–Trinajstić information content (AvgIpc) is 2.77. The predicted octanol–water partition coefficient (Wildman–Crippen LogP) is 2.40. The molecule has 0 aliphatic heterocycles. The van der Waals surface area contributed by atoms with Crippen LogP contribution in [0, 0.1) is 0 Å². The normalized spacial score (nSPS) is 11.2. The summed E-state index contributed by atoms with van der Waals surface area (Å²) in [7, 11) is 1.72. The maximum atomic E-state index is 5.00. The van der Waals surface area contributed by atoms with Gasteiger partial charge in [-0.05, 0) is 36.1 Å². The number of rotatable bonds is 6. The van der Waals surface area contributed by atoms with E-state index >= 15 is 0 Å². The van der Waals surface area contributed by atoms with Crippen molar-refractivity contribution in [3.05, 3.63) is 36.0 Å². The van der Waals surface area contributed by atoms with Gasteiger partial charge in [-0.15, -0.1) is 0 Å². The second kappa shape index (κ2) is 5.84. The van der Waals surface area contributed by atoms with Crippen molar-refractivity contribution < 1.29 is 4.74 Å². The SMILES string of the molecule is CCn1ccc2cc(CNCCOC)ccc21. The Labute approximate surface area is 102 Å². The lowest BCUT2D eigenvalue weighted by Gasteiger charge is -2.05. The lowest BCUT2D eigenvalue weighted by atomic mass is 10.1. The zero-order valence-electron chi connectivity index (χ0n) is 10.6. The van der Waals surface area contributed by atoms with E-state index in [0.717, 1.165) is 26.2 Å². The third-order valence-corrected chi connectivity index (χ3v) is 2.99. The Kier molecular flexibility index (Phi) is 4.18. The van der Waals surface area contributed by atoms with Gasteiger partial charge in [0.25, 0.3) is 0 Å². The summed E-state index contributed by atoms with van der Waals surface area (Å²) in [5.41, 5.74) is 2.63. The molecule has 17 heavy (non-hydrogen) atoms. The van der Waals surface area contributed by atoms with Crippen LogP contribution in [0.2, 0.25) is 0 Å². The Morgan fingerprint density at radius 1 is 1.29 bits per heavy atom. The monoisotopic (exact) mass is 232 g/mol. The van der Waals surface area contributed by atoms with E-state index in [1.54, 1.807) is 7.11 Å². The van der Waals surface area contributed by atoms with Gasteiger partial charge in [-0.2, -0.15) is 0 Å². The number of ether oxygens (including phenoxy) is 1. The quantitative estimate of drug-likeness (QED) is 0.774. The zero-order valence-corrected chi connectivity index (χ0v) is 10.6. The minimum absolute atomic E-state index is 0.758. The van der Waals surface area contributed by atoms with Gasteiger partial charge in [0, 0.05) is 38.5 Å². The number of hydrogen-bond donors (Lipinski definition) is 1. The summed E-state index contributed by atoms with van der Waals surface area (Å²) in [5.74, 6) is 0. The highest BCUT2D eigenvalue weighted by molar-refractivity contribution is 5.80. The Hall–Kier alpha value is -1.32. The first kappa shape index (κ1) is 12.1. The fourth-order valence-corrected chi connectivity index (χ4v) is 2.04. The van der Waals surface area contributed by atoms with Gasteiger partial charge in [0.15, 0.2) is 0 Å². The van der Waals surface area contributed by atoms with Crippen molar-refractivity contribution in [3.63, 3.8) is 0 Å². The number of nitrogens with zero attached hydrogens (tertiary/aromatic N) is 1. The summed E-state index contributed by atoms with van der Waals surface area (Å²) in [6.07, 6.45) is 2.15. The number of aromatic nitrogens is 1. The van der Waals surface area contributed by atoms with Gasteiger partial charge >= 0.3 is 0 Å². The molecule has 0 amide bonds. The maximum absolute atomic E-state index is 5.00. The first-order valence-electron chi connectivity index (χ1n) is 6.12. The molecule has 0 saturated heterocycles. The van der Waals surface area contributed by atoms with Gasteiger partial charge in [0.2, 0.25) is 0 Å². The molecule has 0 radical (unpaired) electrons. The van der Waals surface area contributed by atoms with Crippen LogP contribution in [0.4, 0.5) is 0 Å². The molecule has 1 N–H and O–H groups in total. The van der Waals surface area contributed by atoms with Gasteiger partial charge in [0.05, 0.1) is 6.61 Å². The molecular formula is C14H20N2O. The molecule has 0 unspecified atom stereocenters. The fourth-order valence-electron chi connectivity index (χ4n) is 2.04. The minimum atomic E-state index is 0.758. The standard InChI is InChI=1S/C14H20N2O/c1-3-16-8-6-13-10-12(4-5-14(13)16)11-15-7-9-17-2/h4-6,8,10,15H,3,7,9,11H2,1-2H3. The third-order valence-electron chi connectivity index (χ3n) is 2.99. The molecule has 2 aromatic rings. The van der Waals surface area contributed by atoms with Crippen molar-refractivity contribution in [1.82, 2.24) is 9.88 Å². The lowest BCUT2D eigenvalue weighted by Crippen LogP contribution is -2.18. The molecule has 3 nitrogen and oxygen atoms in total. The average molecular weight is 232 g/mol. The Bertz CT molecular complexity index is 476. The molecule has 0 saturated carbocycles. The van der Waals surface area contributed by atoms with E-state index in [2.05, 4.69) is 47.3 Å². The Balaban J connectivity index is 2.05. The molecule has 1 aromatic carbocycles. The van der Waals surface area contributed by atoms with Crippen LogP contribution in [0.5, 0.6) is 0 Å². The smallest absolute Gasteiger partial charge is 0.0587 e. The van der Waals surface area contributed by atoms with Crippen molar-refractivity contribution in [2.75, 3.05) is 20.3 Å². The molecule has 0 aliphatic rings.